The zero-order valence-electron chi connectivity index (χ0n) is 17.5. The van der Waals surface area contributed by atoms with Gasteiger partial charge in [0.25, 0.3) is 5.91 Å². The van der Waals surface area contributed by atoms with Gasteiger partial charge in [0.1, 0.15) is 17.2 Å². The molecule has 2 aromatic carbocycles. The van der Waals surface area contributed by atoms with Crippen molar-refractivity contribution in [3.8, 4) is 28.6 Å². The van der Waals surface area contributed by atoms with Crippen molar-refractivity contribution in [3.05, 3.63) is 53.9 Å². The minimum absolute atomic E-state index is 0.0952. The highest BCUT2D eigenvalue weighted by Crippen LogP contribution is 2.31. The molecule has 0 fully saturated rings. The first-order chi connectivity index (χ1) is 14.5. The maximum absolute atomic E-state index is 12.6. The predicted octanol–water partition coefficient (Wildman–Crippen LogP) is 3.54. The number of aromatic nitrogens is 2. The Hall–Kier alpha value is -3.55. The van der Waals surface area contributed by atoms with Crippen LogP contribution in [0.25, 0.3) is 11.4 Å². The molecule has 8 nitrogen and oxygen atoms in total. The van der Waals surface area contributed by atoms with E-state index in [0.717, 1.165) is 5.56 Å². The highest BCUT2D eigenvalue weighted by atomic mass is 16.5. The van der Waals surface area contributed by atoms with E-state index in [4.69, 9.17) is 18.7 Å². The number of hydrogen-bond acceptors (Lipinski definition) is 7. The molecule has 1 N–H and O–H groups in total. The van der Waals surface area contributed by atoms with E-state index in [0.29, 0.717) is 35.1 Å². The molecule has 0 aliphatic rings. The van der Waals surface area contributed by atoms with Crippen molar-refractivity contribution in [2.45, 2.75) is 32.9 Å². The van der Waals surface area contributed by atoms with E-state index in [1.807, 2.05) is 38.1 Å². The molecule has 3 aromatic rings. The molecule has 0 aliphatic heterocycles. The molecule has 8 heteroatoms. The van der Waals surface area contributed by atoms with Crippen molar-refractivity contribution in [2.75, 3.05) is 14.2 Å². The maximum Gasteiger partial charge on any atom is 0.261 e. The Balaban J connectivity index is 1.65. The molecule has 3 rings (SSSR count). The Labute approximate surface area is 175 Å². The molecule has 0 saturated carbocycles. The molecule has 158 valence electrons. The van der Waals surface area contributed by atoms with Crippen LogP contribution < -0.4 is 19.5 Å². The van der Waals surface area contributed by atoms with Gasteiger partial charge >= 0.3 is 0 Å². The Morgan fingerprint density at radius 3 is 2.63 bits per heavy atom. The first-order valence-corrected chi connectivity index (χ1v) is 9.60. The van der Waals surface area contributed by atoms with Crippen LogP contribution >= 0.6 is 0 Å². The number of amides is 1. The quantitative estimate of drug-likeness (QED) is 0.575. The van der Waals surface area contributed by atoms with Gasteiger partial charge in [-0.15, -0.1) is 0 Å². The third-order valence-corrected chi connectivity index (χ3v) is 4.56. The van der Waals surface area contributed by atoms with E-state index in [2.05, 4.69) is 15.5 Å². The lowest BCUT2D eigenvalue weighted by molar-refractivity contribution is -0.128. The molecule has 1 aromatic heterocycles. The van der Waals surface area contributed by atoms with Crippen molar-refractivity contribution >= 4 is 5.91 Å². The van der Waals surface area contributed by atoms with Crippen molar-refractivity contribution < 1.29 is 23.5 Å². The Bertz CT molecular complexity index is 1000. The van der Waals surface area contributed by atoms with Gasteiger partial charge in [-0.1, -0.05) is 30.3 Å². The number of carbonyl (C=O) groups is 1. The molecular formula is C22H25N3O5. The molecule has 0 saturated heterocycles. The van der Waals surface area contributed by atoms with Crippen LogP contribution in [0, 0.1) is 6.92 Å². The molecule has 0 spiro atoms. The van der Waals surface area contributed by atoms with Crippen LogP contribution in [-0.2, 0) is 11.3 Å². The summed E-state index contributed by atoms with van der Waals surface area (Å²) in [5.41, 5.74) is 1.63. The van der Waals surface area contributed by atoms with Gasteiger partial charge in [-0.25, -0.2) is 0 Å². The highest BCUT2D eigenvalue weighted by Gasteiger charge is 2.20. The fourth-order valence-electron chi connectivity index (χ4n) is 2.86. The molecule has 0 aliphatic carbocycles. The van der Waals surface area contributed by atoms with Gasteiger partial charge < -0.3 is 24.1 Å². The van der Waals surface area contributed by atoms with Crippen LogP contribution in [-0.4, -0.2) is 36.4 Å². The topological polar surface area (TPSA) is 95.7 Å². The minimum Gasteiger partial charge on any atom is -0.497 e. The number of benzene rings is 2. The molecular weight excluding hydrogens is 386 g/mol. The van der Waals surface area contributed by atoms with Crippen molar-refractivity contribution in [2.24, 2.45) is 0 Å². The summed E-state index contributed by atoms with van der Waals surface area (Å²) >= 11 is 0. The number of ether oxygens (including phenoxy) is 3. The van der Waals surface area contributed by atoms with Crippen molar-refractivity contribution in [1.29, 1.82) is 0 Å². The minimum atomic E-state index is -0.616. The van der Waals surface area contributed by atoms with Crippen molar-refractivity contribution in [3.63, 3.8) is 0 Å². The second kappa shape index (κ2) is 9.78. The van der Waals surface area contributed by atoms with E-state index in [-0.39, 0.29) is 18.3 Å². The third-order valence-electron chi connectivity index (χ3n) is 4.56. The predicted molar refractivity (Wildman–Crippen MR) is 111 cm³/mol. The number of nitrogens with one attached hydrogen (secondary N) is 1. The molecule has 0 radical (unpaired) electrons. The van der Waals surface area contributed by atoms with Gasteiger partial charge in [0, 0.05) is 6.07 Å². The first kappa shape index (κ1) is 21.2. The van der Waals surface area contributed by atoms with Crippen LogP contribution in [0.1, 0.15) is 24.8 Å². The number of nitrogens with zero attached hydrogens (tertiary/aromatic N) is 2. The summed E-state index contributed by atoms with van der Waals surface area (Å²) in [6.45, 7) is 3.93. The van der Waals surface area contributed by atoms with E-state index < -0.39 is 6.10 Å². The van der Waals surface area contributed by atoms with Gasteiger partial charge in [0.15, 0.2) is 6.10 Å². The third kappa shape index (κ3) is 4.89. The first-order valence-electron chi connectivity index (χ1n) is 9.60. The van der Waals surface area contributed by atoms with Crippen LogP contribution in [0.4, 0.5) is 0 Å². The zero-order valence-corrected chi connectivity index (χ0v) is 17.5. The van der Waals surface area contributed by atoms with Gasteiger partial charge in [0.05, 0.1) is 26.3 Å². The highest BCUT2D eigenvalue weighted by molar-refractivity contribution is 5.81. The summed E-state index contributed by atoms with van der Waals surface area (Å²) in [5, 5.41) is 6.77. The zero-order chi connectivity index (χ0) is 21.5. The number of para-hydroxylation sites is 1. The van der Waals surface area contributed by atoms with E-state index in [9.17, 15) is 4.79 Å². The summed E-state index contributed by atoms with van der Waals surface area (Å²) in [7, 11) is 3.13. The average Bonchev–Trinajstić information content (AvgIpc) is 3.25. The van der Waals surface area contributed by atoms with E-state index in [1.165, 1.54) is 0 Å². The lowest BCUT2D eigenvalue weighted by Gasteiger charge is -2.18. The molecule has 1 unspecified atom stereocenters. The summed E-state index contributed by atoms with van der Waals surface area (Å²) in [5.74, 6) is 2.30. The molecule has 1 atom stereocenters. The SMILES string of the molecule is CCC(Oc1ccccc1C)C(=O)NCc1nc(-c2ccc(OC)cc2OC)no1. The van der Waals surface area contributed by atoms with E-state index in [1.54, 1.807) is 32.4 Å². The maximum atomic E-state index is 12.6. The molecule has 1 amide bonds. The lowest BCUT2D eigenvalue weighted by atomic mass is 10.2. The van der Waals surface area contributed by atoms with Crippen molar-refractivity contribution in [1.82, 2.24) is 15.5 Å². The summed E-state index contributed by atoms with van der Waals surface area (Å²) in [6, 6.07) is 12.9. The monoisotopic (exact) mass is 411 g/mol. The summed E-state index contributed by atoms with van der Waals surface area (Å²) in [4.78, 5) is 16.9. The van der Waals surface area contributed by atoms with Gasteiger partial charge in [-0.3, -0.25) is 4.79 Å². The molecule has 1 heterocycles. The number of carbonyl (C=O) groups excluding carboxylic acids is 1. The normalized spacial score (nSPS) is 11.6. The number of methoxy groups -OCH3 is 2. The number of rotatable bonds is 9. The summed E-state index contributed by atoms with van der Waals surface area (Å²) < 4.78 is 21.7. The number of hydrogen-bond donors (Lipinski definition) is 1. The average molecular weight is 411 g/mol. The summed E-state index contributed by atoms with van der Waals surface area (Å²) in [6.07, 6.45) is -0.0895. The molecule has 30 heavy (non-hydrogen) atoms. The fraction of sp³-hybridized carbons (Fsp3) is 0.318. The van der Waals surface area contributed by atoms with Crippen LogP contribution in [0.2, 0.25) is 0 Å². The molecule has 0 bridgehead atoms. The second-order valence-corrected chi connectivity index (χ2v) is 6.58. The van der Waals surface area contributed by atoms with Gasteiger partial charge in [0.2, 0.25) is 11.7 Å². The largest absolute Gasteiger partial charge is 0.497 e. The van der Waals surface area contributed by atoms with Crippen LogP contribution in [0.15, 0.2) is 47.0 Å². The standard InChI is InChI=1S/C22H25N3O5/c1-5-17(29-18-9-7-6-8-14(18)2)22(26)23-13-20-24-21(25-30-20)16-11-10-15(27-3)12-19(16)28-4/h6-12,17H,5,13H2,1-4H3,(H,23,26). The smallest absolute Gasteiger partial charge is 0.261 e. The Morgan fingerprint density at radius 1 is 1.13 bits per heavy atom. The Morgan fingerprint density at radius 2 is 1.93 bits per heavy atom. The van der Waals surface area contributed by atoms with Crippen LogP contribution in [0.3, 0.4) is 0 Å². The number of aryl methyl sites for hydroxylation is 1. The Kier molecular flexibility index (Phi) is 6.90. The van der Waals surface area contributed by atoms with E-state index >= 15 is 0 Å². The van der Waals surface area contributed by atoms with Crippen LogP contribution in [0.5, 0.6) is 17.2 Å². The van der Waals surface area contributed by atoms with Gasteiger partial charge in [-0.2, -0.15) is 4.98 Å². The lowest BCUT2D eigenvalue weighted by Crippen LogP contribution is -2.37. The fourth-order valence-corrected chi connectivity index (χ4v) is 2.86. The second-order valence-electron chi connectivity index (χ2n) is 6.58. The van der Waals surface area contributed by atoms with Gasteiger partial charge in [-0.05, 0) is 37.1 Å².